The van der Waals surface area contributed by atoms with Crippen LogP contribution in [0.15, 0.2) is 12.0 Å². The number of hydrogen-bond donors (Lipinski definition) is 1. The zero-order valence-corrected chi connectivity index (χ0v) is 12.8. The summed E-state index contributed by atoms with van der Waals surface area (Å²) < 4.78 is 25.3. The molecule has 1 aliphatic rings. The molecule has 5 nitrogen and oxygen atoms in total. The fraction of sp³-hybridized carbons (Fsp3) is 0.769. The third-order valence-corrected chi connectivity index (χ3v) is 4.90. The molecule has 0 aromatic rings. The van der Waals surface area contributed by atoms with E-state index in [4.69, 9.17) is 0 Å². The first-order valence-electron chi connectivity index (χ1n) is 6.66. The normalized spacial score (nSPS) is 18.4. The van der Waals surface area contributed by atoms with E-state index in [-0.39, 0.29) is 17.4 Å². The van der Waals surface area contributed by atoms with Crippen LogP contribution in [0.3, 0.4) is 0 Å². The Morgan fingerprint density at radius 3 is 2.37 bits per heavy atom. The summed E-state index contributed by atoms with van der Waals surface area (Å²) in [5, 5.41) is 0.921. The van der Waals surface area contributed by atoms with Crippen molar-refractivity contribution in [3.05, 3.63) is 12.0 Å². The summed E-state index contributed by atoms with van der Waals surface area (Å²) in [6.45, 7) is 10.4. The molecule has 0 aliphatic carbocycles. The molecule has 1 aliphatic heterocycles. The predicted molar refractivity (Wildman–Crippen MR) is 75.9 cm³/mol. The Morgan fingerprint density at radius 2 is 1.95 bits per heavy atom. The lowest BCUT2D eigenvalue weighted by atomic mass is 9.87. The van der Waals surface area contributed by atoms with Gasteiger partial charge < -0.3 is 4.90 Å². The van der Waals surface area contributed by atoms with Gasteiger partial charge in [0.05, 0.1) is 0 Å². The van der Waals surface area contributed by atoms with Gasteiger partial charge in [0.2, 0.25) is 15.9 Å². The Hall–Kier alpha value is -0.880. The van der Waals surface area contributed by atoms with E-state index in [9.17, 15) is 13.2 Å². The summed E-state index contributed by atoms with van der Waals surface area (Å²) in [6.07, 6.45) is 2.10. The predicted octanol–water partition coefficient (Wildman–Crippen LogP) is 1.48. The van der Waals surface area contributed by atoms with Crippen molar-refractivity contribution in [1.29, 1.82) is 0 Å². The topological polar surface area (TPSA) is 66.5 Å². The Morgan fingerprint density at radius 1 is 1.42 bits per heavy atom. The first kappa shape index (κ1) is 16.2. The molecular formula is C13H24N2O3S. The second-order valence-corrected chi connectivity index (χ2v) is 7.29. The molecule has 19 heavy (non-hydrogen) atoms. The molecule has 110 valence electrons. The van der Waals surface area contributed by atoms with E-state index in [1.165, 1.54) is 0 Å². The van der Waals surface area contributed by atoms with Gasteiger partial charge in [-0.25, -0.2) is 13.1 Å². The van der Waals surface area contributed by atoms with Gasteiger partial charge in [-0.1, -0.05) is 27.4 Å². The second-order valence-electron chi connectivity index (χ2n) is 5.63. The smallest absolute Gasteiger partial charge is 0.233 e. The summed E-state index contributed by atoms with van der Waals surface area (Å²) in [6, 6.07) is -0.100. The SMILES string of the molecule is C=CS(=O)(=O)NC1CCN(C(=O)C(C)(C)CC)CC1. The number of sulfonamides is 1. The fourth-order valence-electron chi connectivity index (χ4n) is 2.06. The molecule has 0 saturated carbocycles. The van der Waals surface area contributed by atoms with Gasteiger partial charge in [0.15, 0.2) is 0 Å². The zero-order valence-electron chi connectivity index (χ0n) is 12.0. The van der Waals surface area contributed by atoms with E-state index >= 15 is 0 Å². The average Bonchev–Trinajstić information content (AvgIpc) is 2.38. The zero-order chi connectivity index (χ0) is 14.7. The van der Waals surface area contributed by atoms with E-state index in [2.05, 4.69) is 11.3 Å². The standard InChI is InChI=1S/C13H24N2O3S/c1-5-13(3,4)12(16)15-9-7-11(8-10-15)14-19(17,18)6-2/h6,11,14H,2,5,7-10H2,1,3-4H3. The van der Waals surface area contributed by atoms with Gasteiger partial charge in [-0.05, 0) is 19.3 Å². The molecule has 1 saturated heterocycles. The molecule has 1 heterocycles. The lowest BCUT2D eigenvalue weighted by Gasteiger charge is -2.36. The van der Waals surface area contributed by atoms with Gasteiger partial charge in [0, 0.05) is 30.0 Å². The van der Waals surface area contributed by atoms with Crippen molar-refractivity contribution in [2.75, 3.05) is 13.1 Å². The summed E-state index contributed by atoms with van der Waals surface area (Å²) >= 11 is 0. The van der Waals surface area contributed by atoms with Gasteiger partial charge in [-0.3, -0.25) is 4.79 Å². The second kappa shape index (κ2) is 6.05. The molecule has 0 unspecified atom stereocenters. The van der Waals surface area contributed by atoms with Crippen molar-refractivity contribution in [3.63, 3.8) is 0 Å². The maximum atomic E-state index is 12.3. The molecule has 1 N–H and O–H groups in total. The molecule has 0 atom stereocenters. The van der Waals surface area contributed by atoms with E-state index in [0.717, 1.165) is 11.8 Å². The number of carbonyl (C=O) groups excluding carboxylic acids is 1. The van der Waals surface area contributed by atoms with Crippen molar-refractivity contribution < 1.29 is 13.2 Å². The highest BCUT2D eigenvalue weighted by Gasteiger charge is 2.33. The molecule has 0 aromatic heterocycles. The van der Waals surface area contributed by atoms with Gasteiger partial charge in [0.25, 0.3) is 0 Å². The summed E-state index contributed by atoms with van der Waals surface area (Å²) in [5.74, 6) is 0.153. The monoisotopic (exact) mass is 288 g/mol. The van der Waals surface area contributed by atoms with Crippen LogP contribution < -0.4 is 4.72 Å². The first-order chi connectivity index (χ1) is 8.72. The number of likely N-dealkylation sites (tertiary alicyclic amines) is 1. The number of carbonyl (C=O) groups is 1. The highest BCUT2D eigenvalue weighted by Crippen LogP contribution is 2.25. The van der Waals surface area contributed by atoms with Crippen LogP contribution in [0.5, 0.6) is 0 Å². The third-order valence-electron chi connectivity index (χ3n) is 3.80. The van der Waals surface area contributed by atoms with Crippen LogP contribution in [-0.2, 0) is 14.8 Å². The molecular weight excluding hydrogens is 264 g/mol. The number of nitrogens with zero attached hydrogens (tertiary/aromatic N) is 1. The highest BCUT2D eigenvalue weighted by molar-refractivity contribution is 7.92. The number of amides is 1. The van der Waals surface area contributed by atoms with Crippen LogP contribution in [0, 0.1) is 5.41 Å². The summed E-state index contributed by atoms with van der Waals surface area (Å²) in [5.41, 5.74) is -0.340. The van der Waals surface area contributed by atoms with Crippen LogP contribution in [0.2, 0.25) is 0 Å². The van der Waals surface area contributed by atoms with Crippen LogP contribution in [0.1, 0.15) is 40.0 Å². The molecule has 0 radical (unpaired) electrons. The Bertz CT molecular complexity index is 435. The first-order valence-corrected chi connectivity index (χ1v) is 8.20. The quantitative estimate of drug-likeness (QED) is 0.833. The van der Waals surface area contributed by atoms with Gasteiger partial charge in [0.1, 0.15) is 0 Å². The maximum Gasteiger partial charge on any atom is 0.233 e. The van der Waals surface area contributed by atoms with E-state index in [0.29, 0.717) is 25.9 Å². The van der Waals surface area contributed by atoms with Crippen LogP contribution >= 0.6 is 0 Å². The number of piperidine rings is 1. The Kier molecular flexibility index (Phi) is 5.15. The van der Waals surface area contributed by atoms with E-state index in [1.807, 2.05) is 25.7 Å². The van der Waals surface area contributed by atoms with Gasteiger partial charge in [-0.2, -0.15) is 0 Å². The summed E-state index contributed by atoms with van der Waals surface area (Å²) in [7, 11) is -3.38. The van der Waals surface area contributed by atoms with E-state index < -0.39 is 10.0 Å². The summed E-state index contributed by atoms with van der Waals surface area (Å²) in [4.78, 5) is 14.1. The highest BCUT2D eigenvalue weighted by atomic mass is 32.2. The minimum Gasteiger partial charge on any atom is -0.342 e. The van der Waals surface area contributed by atoms with Crippen molar-refractivity contribution >= 4 is 15.9 Å². The van der Waals surface area contributed by atoms with Crippen molar-refractivity contribution in [1.82, 2.24) is 9.62 Å². The number of hydrogen-bond acceptors (Lipinski definition) is 3. The van der Waals surface area contributed by atoms with Crippen LogP contribution in [-0.4, -0.2) is 38.4 Å². The number of rotatable bonds is 5. The van der Waals surface area contributed by atoms with Gasteiger partial charge >= 0.3 is 0 Å². The van der Waals surface area contributed by atoms with Crippen molar-refractivity contribution in [2.45, 2.75) is 46.1 Å². The molecule has 0 spiro atoms. The maximum absolute atomic E-state index is 12.3. The molecule has 1 amide bonds. The molecule has 1 fully saturated rings. The van der Waals surface area contributed by atoms with Crippen molar-refractivity contribution in [2.24, 2.45) is 5.41 Å². The Labute approximate surface area is 116 Å². The Balaban J connectivity index is 2.54. The third kappa shape index (κ3) is 4.31. The van der Waals surface area contributed by atoms with Crippen LogP contribution in [0.25, 0.3) is 0 Å². The molecule has 0 bridgehead atoms. The fourth-order valence-corrected chi connectivity index (χ4v) is 2.86. The molecule has 6 heteroatoms. The lowest BCUT2D eigenvalue weighted by Crippen LogP contribution is -2.49. The minimum absolute atomic E-state index is 0.100. The van der Waals surface area contributed by atoms with E-state index in [1.54, 1.807) is 0 Å². The van der Waals surface area contributed by atoms with Crippen molar-refractivity contribution in [3.8, 4) is 0 Å². The lowest BCUT2D eigenvalue weighted by molar-refractivity contribution is -0.141. The number of nitrogens with one attached hydrogen (secondary N) is 1. The minimum atomic E-state index is -3.38. The van der Waals surface area contributed by atoms with Crippen LogP contribution in [0.4, 0.5) is 0 Å². The van der Waals surface area contributed by atoms with Gasteiger partial charge in [-0.15, -0.1) is 0 Å². The molecule has 1 rings (SSSR count). The molecule has 0 aromatic carbocycles. The largest absolute Gasteiger partial charge is 0.342 e. The average molecular weight is 288 g/mol.